The summed E-state index contributed by atoms with van der Waals surface area (Å²) in [6, 6.07) is 10.9. The maximum Gasteiger partial charge on any atom is 0.0345 e. The van der Waals surface area contributed by atoms with Crippen molar-refractivity contribution in [3.63, 3.8) is 0 Å². The van der Waals surface area contributed by atoms with E-state index in [0.29, 0.717) is 6.04 Å². The van der Waals surface area contributed by atoms with E-state index in [4.69, 9.17) is 5.84 Å². The Kier molecular flexibility index (Phi) is 5.26. The topological polar surface area (TPSA) is 38.0 Å². The molecule has 0 bridgehead atoms. The predicted octanol–water partition coefficient (Wildman–Crippen LogP) is 3.22. The molecule has 0 radical (unpaired) electrons. The number of hydrogen-bond donors (Lipinski definition) is 2. The van der Waals surface area contributed by atoms with E-state index in [1.807, 2.05) is 11.8 Å². The molecular formula is C14H18N2S2. The van der Waals surface area contributed by atoms with Crippen molar-refractivity contribution in [3.8, 4) is 0 Å². The number of rotatable bonds is 6. The Morgan fingerprint density at radius 2 is 2.17 bits per heavy atom. The molecule has 1 unspecified atom stereocenters. The normalized spacial score (nSPS) is 12.6. The fourth-order valence-electron chi connectivity index (χ4n) is 1.77. The van der Waals surface area contributed by atoms with E-state index >= 15 is 0 Å². The Hall–Kier alpha value is -0.810. The second-order valence-corrected chi connectivity index (χ2v) is 6.12. The maximum absolute atomic E-state index is 5.63. The molecule has 1 atom stereocenters. The number of nitrogens with one attached hydrogen (secondary N) is 1. The van der Waals surface area contributed by atoms with Gasteiger partial charge in [0.25, 0.3) is 0 Å². The third-order valence-corrected chi connectivity index (χ3v) is 4.90. The van der Waals surface area contributed by atoms with Crippen LogP contribution in [0.2, 0.25) is 0 Å². The molecule has 0 spiro atoms. The Labute approximate surface area is 117 Å². The highest BCUT2D eigenvalue weighted by Crippen LogP contribution is 2.23. The molecule has 1 heterocycles. The maximum atomic E-state index is 5.63. The van der Waals surface area contributed by atoms with Gasteiger partial charge in [0.2, 0.25) is 0 Å². The van der Waals surface area contributed by atoms with E-state index in [0.717, 1.165) is 12.2 Å². The van der Waals surface area contributed by atoms with Gasteiger partial charge in [0, 0.05) is 16.7 Å². The minimum atomic E-state index is 0.309. The lowest BCUT2D eigenvalue weighted by molar-refractivity contribution is 0.576. The third kappa shape index (κ3) is 3.85. The first kappa shape index (κ1) is 13.6. The number of hydrogen-bond acceptors (Lipinski definition) is 4. The number of thioether (sulfide) groups is 1. The zero-order valence-electron chi connectivity index (χ0n) is 10.4. The van der Waals surface area contributed by atoms with Gasteiger partial charge in [0.15, 0.2) is 0 Å². The fourth-order valence-corrected chi connectivity index (χ4v) is 3.51. The van der Waals surface area contributed by atoms with Gasteiger partial charge in [-0.15, -0.1) is 11.8 Å². The van der Waals surface area contributed by atoms with E-state index in [1.54, 1.807) is 11.3 Å². The summed E-state index contributed by atoms with van der Waals surface area (Å²) >= 11 is 3.60. The summed E-state index contributed by atoms with van der Waals surface area (Å²) in [5.74, 6) is 6.61. The van der Waals surface area contributed by atoms with Gasteiger partial charge >= 0.3 is 0 Å². The standard InChI is InChI=1S/C14H18N2S2/c1-11-4-2-3-5-14(11)18-10-13(16-15)8-12-6-7-17-9-12/h2-7,9,13,16H,8,10,15H2,1H3. The molecule has 0 saturated heterocycles. The molecule has 96 valence electrons. The number of thiophene rings is 1. The van der Waals surface area contributed by atoms with Gasteiger partial charge in [-0.25, -0.2) is 0 Å². The first-order valence-electron chi connectivity index (χ1n) is 5.95. The molecule has 2 aromatic rings. The van der Waals surface area contributed by atoms with E-state index in [1.165, 1.54) is 16.0 Å². The predicted molar refractivity (Wildman–Crippen MR) is 81.0 cm³/mol. The average Bonchev–Trinajstić information content (AvgIpc) is 2.89. The molecule has 18 heavy (non-hydrogen) atoms. The van der Waals surface area contributed by atoms with E-state index in [-0.39, 0.29) is 0 Å². The van der Waals surface area contributed by atoms with Crippen molar-refractivity contribution in [2.45, 2.75) is 24.3 Å². The second kappa shape index (κ2) is 6.95. The number of aryl methyl sites for hydroxylation is 1. The Balaban J connectivity index is 1.89. The van der Waals surface area contributed by atoms with Gasteiger partial charge in [-0.1, -0.05) is 18.2 Å². The number of nitrogens with two attached hydrogens (primary N) is 1. The summed E-state index contributed by atoms with van der Waals surface area (Å²) in [5.41, 5.74) is 5.60. The van der Waals surface area contributed by atoms with E-state index in [9.17, 15) is 0 Å². The molecule has 1 aromatic heterocycles. The first-order valence-corrected chi connectivity index (χ1v) is 7.88. The van der Waals surface area contributed by atoms with Gasteiger partial charge in [-0.05, 0) is 47.4 Å². The fraction of sp³-hybridized carbons (Fsp3) is 0.286. The highest BCUT2D eigenvalue weighted by atomic mass is 32.2. The van der Waals surface area contributed by atoms with Crippen molar-refractivity contribution in [1.82, 2.24) is 5.43 Å². The van der Waals surface area contributed by atoms with Crippen LogP contribution in [-0.4, -0.2) is 11.8 Å². The summed E-state index contributed by atoms with van der Waals surface area (Å²) in [5, 5.41) is 4.29. The van der Waals surface area contributed by atoms with Crippen LogP contribution in [0.1, 0.15) is 11.1 Å². The van der Waals surface area contributed by atoms with Crippen LogP contribution in [0.4, 0.5) is 0 Å². The van der Waals surface area contributed by atoms with Crippen LogP contribution in [0.25, 0.3) is 0 Å². The lowest BCUT2D eigenvalue weighted by Crippen LogP contribution is -2.38. The van der Waals surface area contributed by atoms with Crippen molar-refractivity contribution in [1.29, 1.82) is 0 Å². The van der Waals surface area contributed by atoms with E-state index in [2.05, 4.69) is 53.4 Å². The lowest BCUT2D eigenvalue weighted by Gasteiger charge is -2.15. The molecule has 0 saturated carbocycles. The summed E-state index contributed by atoms with van der Waals surface area (Å²) in [6.07, 6.45) is 0.985. The van der Waals surface area contributed by atoms with Crippen LogP contribution in [0.5, 0.6) is 0 Å². The van der Waals surface area contributed by atoms with Crippen molar-refractivity contribution in [2.75, 3.05) is 5.75 Å². The highest BCUT2D eigenvalue weighted by molar-refractivity contribution is 7.99. The largest absolute Gasteiger partial charge is 0.271 e. The minimum absolute atomic E-state index is 0.309. The van der Waals surface area contributed by atoms with Crippen LogP contribution in [0, 0.1) is 6.92 Å². The molecule has 0 amide bonds. The lowest BCUT2D eigenvalue weighted by atomic mass is 10.1. The van der Waals surface area contributed by atoms with Crippen LogP contribution < -0.4 is 11.3 Å². The smallest absolute Gasteiger partial charge is 0.0345 e. The van der Waals surface area contributed by atoms with Crippen LogP contribution in [0.15, 0.2) is 46.0 Å². The van der Waals surface area contributed by atoms with Gasteiger partial charge in [0.1, 0.15) is 0 Å². The number of benzene rings is 1. The summed E-state index contributed by atoms with van der Waals surface area (Å²) in [6.45, 7) is 2.14. The molecule has 0 fully saturated rings. The van der Waals surface area contributed by atoms with Crippen LogP contribution in [-0.2, 0) is 6.42 Å². The van der Waals surface area contributed by atoms with Gasteiger partial charge in [-0.2, -0.15) is 11.3 Å². The van der Waals surface area contributed by atoms with Gasteiger partial charge in [-0.3, -0.25) is 11.3 Å². The van der Waals surface area contributed by atoms with Crippen molar-refractivity contribution in [2.24, 2.45) is 5.84 Å². The molecule has 0 aliphatic rings. The average molecular weight is 278 g/mol. The molecular weight excluding hydrogens is 260 g/mol. The highest BCUT2D eigenvalue weighted by Gasteiger charge is 2.09. The quantitative estimate of drug-likeness (QED) is 0.484. The van der Waals surface area contributed by atoms with Gasteiger partial charge in [0.05, 0.1) is 0 Å². The molecule has 3 N–H and O–H groups in total. The van der Waals surface area contributed by atoms with Crippen molar-refractivity contribution < 1.29 is 0 Å². The van der Waals surface area contributed by atoms with Crippen molar-refractivity contribution in [3.05, 3.63) is 52.2 Å². The molecule has 1 aromatic carbocycles. The first-order chi connectivity index (χ1) is 8.79. The number of hydrazine groups is 1. The summed E-state index contributed by atoms with van der Waals surface area (Å²) in [7, 11) is 0. The van der Waals surface area contributed by atoms with Crippen LogP contribution in [0.3, 0.4) is 0 Å². The summed E-state index contributed by atoms with van der Waals surface area (Å²) < 4.78 is 0. The minimum Gasteiger partial charge on any atom is -0.271 e. The Bertz CT molecular complexity index is 468. The third-order valence-electron chi connectivity index (χ3n) is 2.83. The monoisotopic (exact) mass is 278 g/mol. The molecule has 0 aliphatic carbocycles. The van der Waals surface area contributed by atoms with E-state index < -0.39 is 0 Å². The Morgan fingerprint density at radius 3 is 2.83 bits per heavy atom. The van der Waals surface area contributed by atoms with Crippen LogP contribution >= 0.6 is 23.1 Å². The zero-order valence-corrected chi connectivity index (χ0v) is 12.1. The summed E-state index contributed by atoms with van der Waals surface area (Å²) in [4.78, 5) is 1.34. The second-order valence-electron chi connectivity index (χ2n) is 4.28. The zero-order chi connectivity index (χ0) is 12.8. The molecule has 4 heteroatoms. The Morgan fingerprint density at radius 1 is 1.33 bits per heavy atom. The SMILES string of the molecule is Cc1ccccc1SCC(Cc1ccsc1)NN. The van der Waals surface area contributed by atoms with Crippen molar-refractivity contribution >= 4 is 23.1 Å². The molecule has 2 nitrogen and oxygen atoms in total. The molecule has 2 rings (SSSR count). The molecule has 0 aliphatic heterocycles. The van der Waals surface area contributed by atoms with Gasteiger partial charge < -0.3 is 0 Å².